The van der Waals surface area contributed by atoms with Gasteiger partial charge >= 0.3 is 6.18 Å². The fourth-order valence-corrected chi connectivity index (χ4v) is 3.03. The lowest BCUT2D eigenvalue weighted by Gasteiger charge is -2.11. The highest BCUT2D eigenvalue weighted by Crippen LogP contribution is 2.31. The third kappa shape index (κ3) is 3.93. The van der Waals surface area contributed by atoms with Crippen LogP contribution in [-0.2, 0) is 6.18 Å². The van der Waals surface area contributed by atoms with Crippen LogP contribution in [0.3, 0.4) is 0 Å². The van der Waals surface area contributed by atoms with E-state index in [4.69, 9.17) is 11.6 Å². The van der Waals surface area contributed by atoms with E-state index in [9.17, 15) is 18.0 Å². The van der Waals surface area contributed by atoms with Gasteiger partial charge in [-0.25, -0.2) is 4.98 Å². The number of hydrogen-bond acceptors (Lipinski definition) is 4. The summed E-state index contributed by atoms with van der Waals surface area (Å²) in [7, 11) is 0. The van der Waals surface area contributed by atoms with Crippen LogP contribution in [0.15, 0.2) is 65.6 Å². The predicted octanol–water partition coefficient (Wildman–Crippen LogP) is 5.40. The molecule has 0 aliphatic heterocycles. The molecule has 0 bridgehead atoms. The van der Waals surface area contributed by atoms with Gasteiger partial charge in [-0.2, -0.15) is 18.2 Å². The molecule has 0 aliphatic rings. The van der Waals surface area contributed by atoms with Crippen molar-refractivity contribution in [3.63, 3.8) is 0 Å². The summed E-state index contributed by atoms with van der Waals surface area (Å²) >= 11 is 5.91. The van der Waals surface area contributed by atoms with Crippen LogP contribution < -0.4 is 10.9 Å². The number of nitrogens with one attached hydrogen (secondary N) is 2. The highest BCUT2D eigenvalue weighted by Gasteiger charge is 2.30. The van der Waals surface area contributed by atoms with E-state index in [2.05, 4.69) is 20.3 Å². The molecule has 0 unspecified atom stereocenters. The fraction of sp³-hybridized carbons (Fsp3) is 0.0500. The van der Waals surface area contributed by atoms with E-state index in [0.29, 0.717) is 10.6 Å². The van der Waals surface area contributed by atoms with Gasteiger partial charge < -0.3 is 5.32 Å². The van der Waals surface area contributed by atoms with Gasteiger partial charge in [-0.15, -0.1) is 0 Å². The molecule has 0 saturated heterocycles. The third-order valence-electron chi connectivity index (χ3n) is 4.22. The minimum Gasteiger partial charge on any atom is -0.326 e. The maximum absolute atomic E-state index is 12.9. The summed E-state index contributed by atoms with van der Waals surface area (Å²) in [6.45, 7) is 0. The summed E-state index contributed by atoms with van der Waals surface area (Å²) in [5.41, 5.74) is 0.391. The van der Waals surface area contributed by atoms with Crippen molar-refractivity contribution < 1.29 is 13.2 Å². The van der Waals surface area contributed by atoms with Crippen LogP contribution in [0.4, 0.5) is 24.8 Å². The predicted molar refractivity (Wildman–Crippen MR) is 105 cm³/mol. The van der Waals surface area contributed by atoms with Crippen LogP contribution in [0.5, 0.6) is 0 Å². The highest BCUT2D eigenvalue weighted by atomic mass is 35.5. The summed E-state index contributed by atoms with van der Waals surface area (Å²) in [4.78, 5) is 23.6. The lowest BCUT2D eigenvalue weighted by molar-refractivity contribution is -0.137. The molecule has 2 aromatic heterocycles. The van der Waals surface area contributed by atoms with Crippen molar-refractivity contribution in [2.24, 2.45) is 0 Å². The zero-order chi connectivity index (χ0) is 20.6. The smallest absolute Gasteiger partial charge is 0.326 e. The number of H-pyrrole nitrogens is 1. The number of alkyl halides is 3. The number of anilines is 2. The molecule has 5 nitrogen and oxygen atoms in total. The number of aromatic amines is 1. The summed E-state index contributed by atoms with van der Waals surface area (Å²) in [6, 6.07) is 13.2. The number of pyridine rings is 1. The lowest BCUT2D eigenvalue weighted by Crippen LogP contribution is -2.13. The SMILES string of the molecule is O=c1[nH]c(Nc2cccc(C(F)(F)F)c2)nc2nccc(-c3ccc(Cl)cc3)c12. The van der Waals surface area contributed by atoms with E-state index in [-0.39, 0.29) is 22.7 Å². The molecule has 2 N–H and O–H groups in total. The first-order chi connectivity index (χ1) is 13.8. The van der Waals surface area contributed by atoms with Crippen LogP contribution in [0.1, 0.15) is 5.56 Å². The van der Waals surface area contributed by atoms with Crippen LogP contribution in [0.2, 0.25) is 5.02 Å². The molecule has 146 valence electrons. The first-order valence-electron chi connectivity index (χ1n) is 8.40. The standard InChI is InChI=1S/C20H12ClF3N4O/c21-13-6-4-11(5-7-13)15-8-9-25-17-16(15)18(29)28-19(27-17)26-14-3-1-2-12(10-14)20(22,23)24/h1-10H,(H2,25,26,27,28,29). The Morgan fingerprint density at radius 1 is 1.03 bits per heavy atom. The van der Waals surface area contributed by atoms with E-state index >= 15 is 0 Å². The Balaban J connectivity index is 1.76. The van der Waals surface area contributed by atoms with E-state index < -0.39 is 17.3 Å². The van der Waals surface area contributed by atoms with Crippen molar-refractivity contribution >= 4 is 34.3 Å². The Labute approximate surface area is 167 Å². The van der Waals surface area contributed by atoms with Crippen molar-refractivity contribution in [3.05, 3.63) is 81.7 Å². The summed E-state index contributed by atoms with van der Waals surface area (Å²) in [6.07, 6.45) is -2.97. The van der Waals surface area contributed by atoms with Gasteiger partial charge in [0.1, 0.15) is 0 Å². The lowest BCUT2D eigenvalue weighted by atomic mass is 10.0. The topological polar surface area (TPSA) is 70.7 Å². The van der Waals surface area contributed by atoms with Crippen LogP contribution >= 0.6 is 11.6 Å². The molecule has 0 atom stereocenters. The van der Waals surface area contributed by atoms with Crippen molar-refractivity contribution in [1.82, 2.24) is 15.0 Å². The Kier molecular flexibility index (Phi) is 4.71. The van der Waals surface area contributed by atoms with Gasteiger partial charge in [0.25, 0.3) is 5.56 Å². The molecule has 0 spiro atoms. The second-order valence-corrected chi connectivity index (χ2v) is 6.62. The average Bonchev–Trinajstić information content (AvgIpc) is 2.68. The number of nitrogens with zero attached hydrogens (tertiary/aromatic N) is 2. The fourth-order valence-electron chi connectivity index (χ4n) is 2.90. The summed E-state index contributed by atoms with van der Waals surface area (Å²) < 4.78 is 38.7. The Morgan fingerprint density at radius 3 is 2.52 bits per heavy atom. The quantitative estimate of drug-likeness (QED) is 0.469. The van der Waals surface area contributed by atoms with E-state index in [1.165, 1.54) is 18.3 Å². The number of hydrogen-bond donors (Lipinski definition) is 2. The van der Waals surface area contributed by atoms with Gasteiger partial charge in [-0.3, -0.25) is 9.78 Å². The first kappa shape index (κ1) is 18.9. The molecule has 29 heavy (non-hydrogen) atoms. The van der Waals surface area contributed by atoms with Crippen molar-refractivity contribution in [1.29, 1.82) is 0 Å². The first-order valence-corrected chi connectivity index (χ1v) is 8.78. The van der Waals surface area contributed by atoms with Crippen LogP contribution in [-0.4, -0.2) is 15.0 Å². The second-order valence-electron chi connectivity index (χ2n) is 6.18. The highest BCUT2D eigenvalue weighted by molar-refractivity contribution is 6.30. The zero-order valence-corrected chi connectivity index (χ0v) is 15.3. The Morgan fingerprint density at radius 2 is 1.79 bits per heavy atom. The molecule has 4 rings (SSSR count). The minimum absolute atomic E-state index is 0.0115. The van der Waals surface area contributed by atoms with Gasteiger partial charge in [0.15, 0.2) is 5.65 Å². The largest absolute Gasteiger partial charge is 0.416 e. The number of benzene rings is 2. The average molecular weight is 417 g/mol. The van der Waals surface area contributed by atoms with Gasteiger partial charge in [0, 0.05) is 16.9 Å². The number of aromatic nitrogens is 3. The molecular weight excluding hydrogens is 405 g/mol. The molecule has 9 heteroatoms. The molecule has 2 aromatic carbocycles. The maximum Gasteiger partial charge on any atom is 0.416 e. The third-order valence-corrected chi connectivity index (χ3v) is 4.47. The summed E-state index contributed by atoms with van der Waals surface area (Å²) in [5, 5.41) is 3.52. The molecule has 0 aliphatic carbocycles. The minimum atomic E-state index is -4.48. The number of fused-ring (bicyclic) bond motifs is 1. The van der Waals surface area contributed by atoms with Gasteiger partial charge in [0.2, 0.25) is 5.95 Å². The molecule has 0 fully saturated rings. The molecular formula is C20H12ClF3N4O. The molecule has 2 heterocycles. The van der Waals surface area contributed by atoms with Crippen molar-refractivity contribution in [2.45, 2.75) is 6.18 Å². The van der Waals surface area contributed by atoms with Gasteiger partial charge in [-0.1, -0.05) is 29.8 Å². The molecule has 4 aromatic rings. The Hall–Kier alpha value is -3.39. The van der Waals surface area contributed by atoms with Crippen molar-refractivity contribution in [3.8, 4) is 11.1 Å². The van der Waals surface area contributed by atoms with Gasteiger partial charge in [-0.05, 0) is 47.5 Å². The molecule has 0 radical (unpaired) electrons. The Bertz CT molecular complexity index is 1250. The number of halogens is 4. The van der Waals surface area contributed by atoms with Gasteiger partial charge in [0.05, 0.1) is 10.9 Å². The molecule has 0 amide bonds. The van der Waals surface area contributed by atoms with E-state index in [1.54, 1.807) is 30.3 Å². The van der Waals surface area contributed by atoms with Crippen LogP contribution in [0.25, 0.3) is 22.2 Å². The molecule has 0 saturated carbocycles. The number of rotatable bonds is 3. The van der Waals surface area contributed by atoms with E-state index in [0.717, 1.165) is 17.7 Å². The second kappa shape index (κ2) is 7.21. The monoisotopic (exact) mass is 416 g/mol. The van der Waals surface area contributed by atoms with Crippen molar-refractivity contribution in [2.75, 3.05) is 5.32 Å². The normalized spacial score (nSPS) is 11.6. The van der Waals surface area contributed by atoms with Crippen LogP contribution in [0, 0.1) is 0 Å². The summed E-state index contributed by atoms with van der Waals surface area (Å²) in [5.74, 6) is -0.0115. The zero-order valence-electron chi connectivity index (χ0n) is 14.6. The maximum atomic E-state index is 12.9. The van der Waals surface area contributed by atoms with E-state index in [1.807, 2.05) is 0 Å².